The smallest absolute Gasteiger partial charge is 0.311 e. The predicted molar refractivity (Wildman–Crippen MR) is 94.1 cm³/mol. The van der Waals surface area contributed by atoms with E-state index in [0.717, 1.165) is 32.3 Å². The summed E-state index contributed by atoms with van der Waals surface area (Å²) in [5.41, 5.74) is 1.28. The fourth-order valence-electron chi connectivity index (χ4n) is 4.24. The van der Waals surface area contributed by atoms with Gasteiger partial charge in [-0.25, -0.2) is 0 Å². The average Bonchev–Trinajstić information content (AvgIpc) is 2.59. The highest BCUT2D eigenvalue weighted by molar-refractivity contribution is 6.25. The number of ketones is 1. The molecule has 0 saturated heterocycles. The number of hydrogen-bond acceptors (Lipinski definition) is 2. The van der Waals surface area contributed by atoms with E-state index in [1.807, 2.05) is 30.3 Å². The molecule has 5 rings (SSSR count). The number of carboxylic acids is 1. The van der Waals surface area contributed by atoms with Gasteiger partial charge in [-0.3, -0.25) is 9.59 Å². The SMILES string of the molecule is O=C1CCC(C(=O)O)c2c1cc1ccc3cccc4ccc2c1c34. The number of Topliss-reactive ketones (excluding diaryl/α,β-unsaturated/α-hetero) is 1. The van der Waals surface area contributed by atoms with Gasteiger partial charge in [0.2, 0.25) is 0 Å². The van der Waals surface area contributed by atoms with E-state index in [0.29, 0.717) is 24.0 Å². The van der Waals surface area contributed by atoms with Gasteiger partial charge in [0.15, 0.2) is 5.78 Å². The van der Waals surface area contributed by atoms with Gasteiger partial charge in [-0.1, -0.05) is 42.5 Å². The van der Waals surface area contributed by atoms with E-state index in [4.69, 9.17) is 0 Å². The summed E-state index contributed by atoms with van der Waals surface area (Å²) in [5, 5.41) is 16.1. The second-order valence-electron chi connectivity index (χ2n) is 6.55. The Morgan fingerprint density at radius 1 is 0.958 bits per heavy atom. The van der Waals surface area contributed by atoms with Crippen LogP contribution in [0.4, 0.5) is 0 Å². The van der Waals surface area contributed by atoms with E-state index in [1.165, 1.54) is 0 Å². The third-order valence-electron chi connectivity index (χ3n) is 5.30. The molecular formula is C21H14O3. The Bertz CT molecular complexity index is 1140. The van der Waals surface area contributed by atoms with E-state index < -0.39 is 11.9 Å². The third-order valence-corrected chi connectivity index (χ3v) is 5.30. The van der Waals surface area contributed by atoms with E-state index >= 15 is 0 Å². The van der Waals surface area contributed by atoms with Crippen LogP contribution in [0.25, 0.3) is 32.3 Å². The van der Waals surface area contributed by atoms with Crippen molar-refractivity contribution < 1.29 is 14.7 Å². The van der Waals surface area contributed by atoms with Gasteiger partial charge in [0, 0.05) is 12.0 Å². The van der Waals surface area contributed by atoms with Crippen LogP contribution in [-0.2, 0) is 4.79 Å². The van der Waals surface area contributed by atoms with Gasteiger partial charge in [-0.2, -0.15) is 0 Å². The lowest BCUT2D eigenvalue weighted by atomic mass is 9.77. The molecule has 0 bridgehead atoms. The summed E-state index contributed by atoms with van der Waals surface area (Å²) in [6, 6.07) is 16.2. The fourth-order valence-corrected chi connectivity index (χ4v) is 4.24. The molecule has 1 N–H and O–H groups in total. The summed E-state index contributed by atoms with van der Waals surface area (Å²) >= 11 is 0. The van der Waals surface area contributed by atoms with Crippen molar-refractivity contribution in [1.29, 1.82) is 0 Å². The molecular weight excluding hydrogens is 300 g/mol. The van der Waals surface area contributed by atoms with Crippen molar-refractivity contribution in [2.24, 2.45) is 0 Å². The third kappa shape index (κ3) is 1.61. The van der Waals surface area contributed by atoms with Crippen molar-refractivity contribution in [2.75, 3.05) is 0 Å². The Hall–Kier alpha value is -2.94. The van der Waals surface area contributed by atoms with Gasteiger partial charge in [0.1, 0.15) is 0 Å². The monoisotopic (exact) mass is 314 g/mol. The highest BCUT2D eigenvalue weighted by Gasteiger charge is 2.32. The molecule has 0 fully saturated rings. The van der Waals surface area contributed by atoms with Gasteiger partial charge in [-0.15, -0.1) is 0 Å². The average molecular weight is 314 g/mol. The Kier molecular flexibility index (Phi) is 2.55. The summed E-state index contributed by atoms with van der Waals surface area (Å²) in [6.07, 6.45) is 0.683. The van der Waals surface area contributed by atoms with E-state index in [9.17, 15) is 14.7 Å². The molecule has 0 aromatic heterocycles. The van der Waals surface area contributed by atoms with Crippen molar-refractivity contribution in [1.82, 2.24) is 0 Å². The van der Waals surface area contributed by atoms with Crippen molar-refractivity contribution >= 4 is 44.1 Å². The van der Waals surface area contributed by atoms with Gasteiger partial charge in [-0.05, 0) is 50.4 Å². The number of hydrogen-bond donors (Lipinski definition) is 1. The molecule has 1 aliphatic rings. The number of benzene rings is 4. The summed E-state index contributed by atoms with van der Waals surface area (Å²) in [6.45, 7) is 0. The molecule has 0 spiro atoms. The lowest BCUT2D eigenvalue weighted by Gasteiger charge is -2.25. The number of carboxylic acid groups (broad SMARTS) is 1. The number of carbonyl (C=O) groups excluding carboxylic acids is 1. The Morgan fingerprint density at radius 3 is 2.42 bits per heavy atom. The molecule has 116 valence electrons. The van der Waals surface area contributed by atoms with E-state index in [1.54, 1.807) is 0 Å². The Morgan fingerprint density at radius 2 is 1.67 bits per heavy atom. The second-order valence-corrected chi connectivity index (χ2v) is 6.55. The minimum atomic E-state index is -0.848. The standard InChI is InChI=1S/C21H14O3/c22-17-9-8-15(21(23)24)20-14-7-6-12-3-1-2-11-4-5-13(10-16(17)20)19(14)18(11)12/h1-7,10,15H,8-9H2,(H,23,24). The zero-order chi connectivity index (χ0) is 16.4. The second kappa shape index (κ2) is 4.54. The molecule has 0 radical (unpaired) electrons. The number of fused-ring (bicyclic) bond motifs is 2. The van der Waals surface area contributed by atoms with Crippen molar-refractivity contribution in [2.45, 2.75) is 18.8 Å². The first-order valence-corrected chi connectivity index (χ1v) is 8.11. The zero-order valence-electron chi connectivity index (χ0n) is 12.9. The van der Waals surface area contributed by atoms with Crippen molar-refractivity contribution in [3.63, 3.8) is 0 Å². The van der Waals surface area contributed by atoms with Gasteiger partial charge in [0.25, 0.3) is 0 Å². The van der Waals surface area contributed by atoms with Crippen LogP contribution in [0.15, 0.2) is 48.5 Å². The van der Waals surface area contributed by atoms with Crippen LogP contribution >= 0.6 is 0 Å². The largest absolute Gasteiger partial charge is 0.481 e. The molecule has 0 saturated carbocycles. The summed E-state index contributed by atoms with van der Waals surface area (Å²) in [4.78, 5) is 24.2. The van der Waals surface area contributed by atoms with Gasteiger partial charge in [0.05, 0.1) is 5.92 Å². The first-order valence-electron chi connectivity index (χ1n) is 8.11. The molecule has 1 atom stereocenters. The maximum absolute atomic E-state index is 12.4. The highest BCUT2D eigenvalue weighted by Crippen LogP contribution is 2.43. The molecule has 1 unspecified atom stereocenters. The molecule has 0 aliphatic heterocycles. The highest BCUT2D eigenvalue weighted by atomic mass is 16.4. The maximum Gasteiger partial charge on any atom is 0.311 e. The maximum atomic E-state index is 12.4. The summed E-state index contributed by atoms with van der Waals surface area (Å²) in [5.74, 6) is -1.41. The number of carbonyl (C=O) groups is 2. The lowest BCUT2D eigenvalue weighted by Crippen LogP contribution is -2.22. The quantitative estimate of drug-likeness (QED) is 0.517. The van der Waals surface area contributed by atoms with Crippen LogP contribution in [0.1, 0.15) is 34.7 Å². The topological polar surface area (TPSA) is 54.4 Å². The fraction of sp³-hybridized carbons (Fsp3) is 0.143. The van der Waals surface area contributed by atoms with Crippen LogP contribution in [0.2, 0.25) is 0 Å². The zero-order valence-corrected chi connectivity index (χ0v) is 12.9. The number of rotatable bonds is 1. The minimum Gasteiger partial charge on any atom is -0.481 e. The molecule has 4 aromatic rings. The molecule has 3 nitrogen and oxygen atoms in total. The van der Waals surface area contributed by atoms with Crippen molar-refractivity contribution in [3.8, 4) is 0 Å². The van der Waals surface area contributed by atoms with Gasteiger partial charge >= 0.3 is 5.97 Å². The van der Waals surface area contributed by atoms with E-state index in [2.05, 4.69) is 18.2 Å². The summed E-state index contributed by atoms with van der Waals surface area (Å²) in [7, 11) is 0. The predicted octanol–water partition coefficient (Wildman–Crippen LogP) is 4.73. The molecule has 0 heterocycles. The van der Waals surface area contributed by atoms with Gasteiger partial charge < -0.3 is 5.11 Å². The van der Waals surface area contributed by atoms with Crippen LogP contribution in [0.3, 0.4) is 0 Å². The van der Waals surface area contributed by atoms with Crippen LogP contribution in [0, 0.1) is 0 Å². The van der Waals surface area contributed by atoms with Crippen molar-refractivity contribution in [3.05, 3.63) is 59.7 Å². The summed E-state index contributed by atoms with van der Waals surface area (Å²) < 4.78 is 0. The van der Waals surface area contributed by atoms with Crippen LogP contribution in [0.5, 0.6) is 0 Å². The van der Waals surface area contributed by atoms with Crippen LogP contribution in [-0.4, -0.2) is 16.9 Å². The molecule has 4 aromatic carbocycles. The van der Waals surface area contributed by atoms with Crippen LogP contribution < -0.4 is 0 Å². The first kappa shape index (κ1) is 13.5. The first-order chi connectivity index (χ1) is 11.6. The molecule has 3 heteroatoms. The minimum absolute atomic E-state index is 0.0491. The van der Waals surface area contributed by atoms with E-state index in [-0.39, 0.29) is 5.78 Å². The normalized spacial score (nSPS) is 17.7. The number of aliphatic carboxylic acids is 1. The molecule has 24 heavy (non-hydrogen) atoms. The Labute approximate surface area is 137 Å². The molecule has 0 amide bonds. The Balaban J connectivity index is 2.04. The lowest BCUT2D eigenvalue weighted by molar-refractivity contribution is -0.139. The molecule has 1 aliphatic carbocycles.